The molecule has 2 rings (SSSR count). The Labute approximate surface area is 83.3 Å². The molecule has 0 aliphatic heterocycles. The Kier molecular flexibility index (Phi) is 2.22. The summed E-state index contributed by atoms with van der Waals surface area (Å²) in [4.78, 5) is 3.30. The molecule has 0 atom stereocenters. The van der Waals surface area contributed by atoms with Crippen LogP contribution in [0.5, 0.6) is 5.75 Å². The van der Waals surface area contributed by atoms with E-state index in [1.165, 1.54) is 25.3 Å². The van der Waals surface area contributed by atoms with Gasteiger partial charge in [0.25, 0.3) is 5.95 Å². The lowest BCUT2D eigenvalue weighted by Crippen LogP contribution is -1.98. The van der Waals surface area contributed by atoms with Gasteiger partial charge in [-0.05, 0) is 12.1 Å². The highest BCUT2D eigenvalue weighted by Gasteiger charge is 2.16. The van der Waals surface area contributed by atoms with Gasteiger partial charge in [0, 0.05) is 5.39 Å². The van der Waals surface area contributed by atoms with Crippen molar-refractivity contribution in [2.24, 2.45) is 0 Å². The third-order valence-corrected chi connectivity index (χ3v) is 2.04. The lowest BCUT2D eigenvalue weighted by molar-refractivity contribution is 0.412. The number of ether oxygens (including phenoxy) is 1. The van der Waals surface area contributed by atoms with Crippen molar-refractivity contribution in [2.45, 2.75) is 0 Å². The summed E-state index contributed by atoms with van der Waals surface area (Å²) in [5.74, 6) is -4.10. The Balaban J connectivity index is 2.91. The Morgan fingerprint density at radius 2 is 1.87 bits per heavy atom. The molecule has 1 heterocycles. The first-order valence-electron chi connectivity index (χ1n) is 4.12. The number of benzene rings is 1. The molecule has 0 N–H and O–H groups in total. The van der Waals surface area contributed by atoms with E-state index in [4.69, 9.17) is 4.74 Å². The molecule has 0 spiro atoms. The molecule has 0 aliphatic carbocycles. The highest BCUT2D eigenvalue weighted by Crippen LogP contribution is 2.27. The second kappa shape index (κ2) is 3.42. The number of hydrogen-bond acceptors (Lipinski definition) is 2. The largest absolute Gasteiger partial charge is 0.494 e. The Morgan fingerprint density at radius 3 is 2.53 bits per heavy atom. The van der Waals surface area contributed by atoms with Gasteiger partial charge in [-0.3, -0.25) is 0 Å². The zero-order chi connectivity index (χ0) is 11.0. The predicted octanol–water partition coefficient (Wildman–Crippen LogP) is 2.66. The van der Waals surface area contributed by atoms with Crippen LogP contribution in [0.25, 0.3) is 10.9 Å². The molecule has 5 heteroatoms. The normalized spacial score (nSPS) is 10.7. The van der Waals surface area contributed by atoms with Crippen molar-refractivity contribution in [3.63, 3.8) is 0 Å². The van der Waals surface area contributed by atoms with Crippen molar-refractivity contribution in [2.75, 3.05) is 7.11 Å². The maximum atomic E-state index is 13.3. The van der Waals surface area contributed by atoms with Crippen molar-refractivity contribution in [3.05, 3.63) is 35.8 Å². The molecule has 1 aromatic carbocycles. The molecular formula is C10H6F3NO. The Hall–Kier alpha value is -1.78. The van der Waals surface area contributed by atoms with Crippen molar-refractivity contribution in [1.29, 1.82) is 0 Å². The van der Waals surface area contributed by atoms with E-state index in [0.29, 0.717) is 0 Å². The van der Waals surface area contributed by atoms with E-state index in [9.17, 15) is 13.2 Å². The molecule has 0 amide bonds. The molecule has 2 aromatic rings. The van der Waals surface area contributed by atoms with Crippen LogP contribution in [0.1, 0.15) is 0 Å². The molecule has 15 heavy (non-hydrogen) atoms. The smallest absolute Gasteiger partial charge is 0.252 e. The maximum Gasteiger partial charge on any atom is 0.252 e. The molecule has 0 radical (unpaired) electrons. The number of rotatable bonds is 1. The fraction of sp³-hybridized carbons (Fsp3) is 0.100. The number of para-hydroxylation sites is 1. The maximum absolute atomic E-state index is 13.3. The summed E-state index contributed by atoms with van der Waals surface area (Å²) < 4.78 is 43.8. The molecule has 0 bridgehead atoms. The summed E-state index contributed by atoms with van der Waals surface area (Å²) in [7, 11) is 1.34. The first-order chi connectivity index (χ1) is 7.15. The summed E-state index contributed by atoms with van der Waals surface area (Å²) in [6.07, 6.45) is 0. The molecule has 0 aliphatic rings. The van der Waals surface area contributed by atoms with Crippen LogP contribution in [0.15, 0.2) is 18.2 Å². The van der Waals surface area contributed by atoms with Crippen LogP contribution in [0.2, 0.25) is 0 Å². The summed E-state index contributed by atoms with van der Waals surface area (Å²) in [6.45, 7) is 0. The van der Waals surface area contributed by atoms with Gasteiger partial charge in [0.05, 0.1) is 7.11 Å². The third kappa shape index (κ3) is 1.40. The van der Waals surface area contributed by atoms with Gasteiger partial charge in [0.2, 0.25) is 5.82 Å². The van der Waals surface area contributed by atoms with Gasteiger partial charge in [0.15, 0.2) is 5.82 Å². The lowest BCUT2D eigenvalue weighted by atomic mass is 10.2. The van der Waals surface area contributed by atoms with Crippen LogP contribution < -0.4 is 4.74 Å². The average Bonchev–Trinajstić information content (AvgIpc) is 2.25. The van der Waals surface area contributed by atoms with E-state index < -0.39 is 17.6 Å². The molecule has 2 nitrogen and oxygen atoms in total. The Bertz CT molecular complexity index is 528. The molecule has 0 fully saturated rings. The fourth-order valence-electron chi connectivity index (χ4n) is 1.34. The minimum absolute atomic E-state index is 0.0311. The lowest BCUT2D eigenvalue weighted by Gasteiger charge is -2.05. The van der Waals surface area contributed by atoms with E-state index in [1.807, 2.05) is 0 Å². The van der Waals surface area contributed by atoms with Crippen LogP contribution in [-0.2, 0) is 0 Å². The summed E-state index contributed by atoms with van der Waals surface area (Å²) in [6, 6.07) is 4.28. The molecule has 0 saturated carbocycles. The number of pyridine rings is 1. The van der Waals surface area contributed by atoms with E-state index in [-0.39, 0.29) is 16.7 Å². The highest BCUT2D eigenvalue weighted by atomic mass is 19.2. The summed E-state index contributed by atoms with van der Waals surface area (Å²) in [5, 5.41) is -0.103. The number of fused-ring (bicyclic) bond motifs is 1. The summed E-state index contributed by atoms with van der Waals surface area (Å²) in [5.41, 5.74) is -0.0311. The second-order valence-electron chi connectivity index (χ2n) is 2.89. The Morgan fingerprint density at radius 1 is 1.13 bits per heavy atom. The minimum atomic E-state index is -1.57. The number of hydrogen-bond donors (Lipinski definition) is 0. The van der Waals surface area contributed by atoms with Gasteiger partial charge in [-0.2, -0.15) is 8.78 Å². The van der Waals surface area contributed by atoms with E-state index >= 15 is 0 Å². The molecule has 1 aromatic heterocycles. The van der Waals surface area contributed by atoms with Crippen molar-refractivity contribution in [3.8, 4) is 5.75 Å². The number of methoxy groups -OCH3 is 1. The molecular weight excluding hydrogens is 207 g/mol. The van der Waals surface area contributed by atoms with E-state index in [2.05, 4.69) is 4.98 Å². The first kappa shape index (κ1) is 9.76. The van der Waals surface area contributed by atoms with Crippen LogP contribution in [0, 0.1) is 17.6 Å². The van der Waals surface area contributed by atoms with Gasteiger partial charge in [-0.25, -0.2) is 9.37 Å². The first-order valence-corrected chi connectivity index (χ1v) is 4.12. The standard InChI is InChI=1S/C10H6F3NO/c1-15-6-4-2-3-5-7(11)8(12)10(13)14-9(5)6/h2-4H,1H3. The molecule has 0 saturated heterocycles. The fourth-order valence-corrected chi connectivity index (χ4v) is 1.34. The zero-order valence-electron chi connectivity index (χ0n) is 7.72. The van der Waals surface area contributed by atoms with Crippen LogP contribution in [0.3, 0.4) is 0 Å². The van der Waals surface area contributed by atoms with Crippen LogP contribution >= 0.6 is 0 Å². The molecule has 0 unspecified atom stereocenters. The monoisotopic (exact) mass is 213 g/mol. The average molecular weight is 213 g/mol. The van der Waals surface area contributed by atoms with E-state index in [0.717, 1.165) is 0 Å². The van der Waals surface area contributed by atoms with Gasteiger partial charge >= 0.3 is 0 Å². The summed E-state index contributed by atoms with van der Waals surface area (Å²) >= 11 is 0. The van der Waals surface area contributed by atoms with Gasteiger partial charge in [-0.1, -0.05) is 6.07 Å². The second-order valence-corrected chi connectivity index (χ2v) is 2.89. The zero-order valence-corrected chi connectivity index (χ0v) is 7.72. The number of halogens is 3. The van der Waals surface area contributed by atoms with Crippen LogP contribution in [-0.4, -0.2) is 12.1 Å². The van der Waals surface area contributed by atoms with Crippen molar-refractivity contribution in [1.82, 2.24) is 4.98 Å². The van der Waals surface area contributed by atoms with Crippen molar-refractivity contribution < 1.29 is 17.9 Å². The SMILES string of the molecule is COc1cccc2c(F)c(F)c(F)nc12. The van der Waals surface area contributed by atoms with Gasteiger partial charge in [0.1, 0.15) is 11.3 Å². The number of nitrogens with zero attached hydrogens (tertiary/aromatic N) is 1. The van der Waals surface area contributed by atoms with Crippen LogP contribution in [0.4, 0.5) is 13.2 Å². The minimum Gasteiger partial charge on any atom is -0.494 e. The molecule has 78 valence electrons. The quantitative estimate of drug-likeness (QED) is 0.679. The van der Waals surface area contributed by atoms with Gasteiger partial charge < -0.3 is 4.74 Å². The predicted molar refractivity (Wildman–Crippen MR) is 48.2 cm³/mol. The van der Waals surface area contributed by atoms with Gasteiger partial charge in [-0.15, -0.1) is 0 Å². The highest BCUT2D eigenvalue weighted by molar-refractivity contribution is 5.84. The number of aromatic nitrogens is 1. The van der Waals surface area contributed by atoms with Crippen molar-refractivity contribution >= 4 is 10.9 Å². The van der Waals surface area contributed by atoms with E-state index in [1.54, 1.807) is 0 Å². The topological polar surface area (TPSA) is 22.1 Å². The third-order valence-electron chi connectivity index (χ3n) is 2.04.